The average Bonchev–Trinajstić information content (AvgIpc) is 2.96. The number of phenolic OH excluding ortho intramolecular Hbond substituents is 1. The van der Waals surface area contributed by atoms with E-state index in [4.69, 9.17) is 23.7 Å². The molecule has 44 heavy (non-hydrogen) atoms. The molecule has 2 saturated heterocycles. The Morgan fingerprint density at radius 1 is 0.955 bits per heavy atom. The van der Waals surface area contributed by atoms with Gasteiger partial charge in [0.15, 0.2) is 18.7 Å². The van der Waals surface area contributed by atoms with Gasteiger partial charge in [0, 0.05) is 6.08 Å². The summed E-state index contributed by atoms with van der Waals surface area (Å²) >= 11 is 0. The topological polar surface area (TPSA) is 205 Å². The molecule has 0 radical (unpaired) electrons. The maximum Gasteiger partial charge on any atom is 0.331 e. The zero-order chi connectivity index (χ0) is 32.6. The molecule has 1 aromatic carbocycles. The normalized spacial score (nSPS) is 33.6. The lowest BCUT2D eigenvalue weighted by atomic mass is 9.97. The van der Waals surface area contributed by atoms with Crippen molar-refractivity contribution in [1.82, 2.24) is 0 Å². The summed E-state index contributed by atoms with van der Waals surface area (Å²) in [5.74, 6) is -0.830. The van der Waals surface area contributed by atoms with Crippen molar-refractivity contribution in [3.05, 3.63) is 59.7 Å². The maximum atomic E-state index is 12.8. The summed E-state index contributed by atoms with van der Waals surface area (Å²) in [7, 11) is 0. The summed E-state index contributed by atoms with van der Waals surface area (Å²) in [6, 6.07) is 6.01. The summed E-state index contributed by atoms with van der Waals surface area (Å²) in [4.78, 5) is 12.8. The van der Waals surface area contributed by atoms with Gasteiger partial charge in [-0.05, 0) is 57.9 Å². The number of hydrogen-bond acceptors (Lipinski definition) is 13. The number of aliphatic hydroxyl groups excluding tert-OH is 5. The van der Waals surface area contributed by atoms with Gasteiger partial charge >= 0.3 is 5.97 Å². The number of hydrogen-bond donors (Lipinski definition) is 7. The molecule has 1 aromatic rings. The van der Waals surface area contributed by atoms with Gasteiger partial charge in [-0.25, -0.2) is 4.79 Å². The molecule has 10 atom stereocenters. The smallest absolute Gasteiger partial charge is 0.331 e. The predicted molar refractivity (Wildman–Crippen MR) is 156 cm³/mol. The van der Waals surface area contributed by atoms with Crippen molar-refractivity contribution in [3.63, 3.8) is 0 Å². The summed E-state index contributed by atoms with van der Waals surface area (Å²) in [6.07, 6.45) is -6.18. The number of esters is 1. The minimum absolute atomic E-state index is 0.0321. The predicted octanol–water partition coefficient (Wildman–Crippen LogP) is 0.288. The molecule has 0 bridgehead atoms. The van der Waals surface area contributed by atoms with Gasteiger partial charge in [0.05, 0.1) is 24.9 Å². The second-order valence-corrected chi connectivity index (χ2v) is 11.5. The Bertz CT molecular complexity index is 1140. The largest absolute Gasteiger partial charge is 0.508 e. The number of carbonyl (C=O) groups excluding carboxylic acids is 1. The monoisotopic (exact) mass is 624 g/mol. The zero-order valence-corrected chi connectivity index (χ0v) is 25.2. The van der Waals surface area contributed by atoms with E-state index in [2.05, 4.69) is 0 Å². The highest BCUT2D eigenvalue weighted by atomic mass is 16.7. The quantitative estimate of drug-likeness (QED) is 0.0950. The van der Waals surface area contributed by atoms with E-state index >= 15 is 0 Å². The SMILES string of the molecule is CC(C=CCC(C)(C)O)=CCOC1OC(CO)C(OC(=O)C=Cc2ccc(O)cc2)C(OC2OC(C)C(O)C(O)C2O)C1O. The van der Waals surface area contributed by atoms with Gasteiger partial charge in [-0.3, -0.25) is 0 Å². The van der Waals surface area contributed by atoms with E-state index in [1.807, 2.05) is 6.92 Å². The molecule has 0 spiro atoms. The van der Waals surface area contributed by atoms with Crippen LogP contribution >= 0.6 is 0 Å². The van der Waals surface area contributed by atoms with Crippen LogP contribution in [0.4, 0.5) is 0 Å². The lowest BCUT2D eigenvalue weighted by Gasteiger charge is -2.46. The van der Waals surface area contributed by atoms with Crippen LogP contribution in [0.25, 0.3) is 6.08 Å². The van der Waals surface area contributed by atoms with Crippen molar-refractivity contribution >= 4 is 12.0 Å². The van der Waals surface area contributed by atoms with Crippen molar-refractivity contribution in [2.45, 2.75) is 101 Å². The molecule has 13 nitrogen and oxygen atoms in total. The van der Waals surface area contributed by atoms with E-state index in [1.54, 1.807) is 44.2 Å². The average molecular weight is 625 g/mol. The maximum absolute atomic E-state index is 12.8. The first-order chi connectivity index (χ1) is 20.7. The number of benzene rings is 1. The van der Waals surface area contributed by atoms with Crippen molar-refractivity contribution in [1.29, 1.82) is 0 Å². The van der Waals surface area contributed by atoms with E-state index in [1.165, 1.54) is 25.1 Å². The number of carbonyl (C=O) groups is 1. The molecule has 2 aliphatic heterocycles. The number of rotatable bonds is 12. The Labute approximate surface area is 256 Å². The Hall–Kier alpha value is -2.69. The van der Waals surface area contributed by atoms with Crippen molar-refractivity contribution in [2.24, 2.45) is 0 Å². The van der Waals surface area contributed by atoms with Crippen LogP contribution in [0, 0.1) is 0 Å². The molecule has 246 valence electrons. The van der Waals surface area contributed by atoms with Gasteiger partial charge in [0.1, 0.15) is 42.4 Å². The minimum atomic E-state index is -1.73. The molecule has 0 amide bonds. The Morgan fingerprint density at radius 3 is 2.27 bits per heavy atom. The third kappa shape index (κ3) is 10.2. The van der Waals surface area contributed by atoms with Crippen LogP contribution in [0.3, 0.4) is 0 Å². The molecule has 0 saturated carbocycles. The van der Waals surface area contributed by atoms with Crippen LogP contribution in [0.15, 0.2) is 54.1 Å². The lowest BCUT2D eigenvalue weighted by molar-refractivity contribution is -0.356. The van der Waals surface area contributed by atoms with E-state index in [9.17, 15) is 40.5 Å². The summed E-state index contributed by atoms with van der Waals surface area (Å²) in [6.45, 7) is 5.94. The number of aromatic hydroxyl groups is 1. The van der Waals surface area contributed by atoms with Crippen LogP contribution < -0.4 is 0 Å². The highest BCUT2D eigenvalue weighted by molar-refractivity contribution is 5.87. The van der Waals surface area contributed by atoms with Gasteiger partial charge in [-0.2, -0.15) is 0 Å². The van der Waals surface area contributed by atoms with Crippen molar-refractivity contribution < 1.29 is 64.2 Å². The van der Waals surface area contributed by atoms with E-state index in [0.717, 1.165) is 11.6 Å². The fourth-order valence-corrected chi connectivity index (χ4v) is 4.56. The standard InChI is InChI=1S/C31H44O13/c1-17(6-5-14-31(3,4)39)13-15-40-29-26(38)28(44-30-25(37)24(36)23(35)18(2)41-30)27(21(16-32)42-29)43-22(34)12-9-19-7-10-20(33)11-8-19/h5-13,18,21,23-30,32-33,35-39H,14-16H2,1-4H3. The molecular formula is C31H44O13. The van der Waals surface area contributed by atoms with Crippen LogP contribution in [0.5, 0.6) is 5.75 Å². The molecule has 2 fully saturated rings. The van der Waals surface area contributed by atoms with Crippen molar-refractivity contribution in [3.8, 4) is 5.75 Å². The third-order valence-electron chi connectivity index (χ3n) is 7.12. The molecule has 10 unspecified atom stereocenters. The number of ether oxygens (including phenoxy) is 5. The van der Waals surface area contributed by atoms with Gasteiger partial charge in [-0.1, -0.05) is 35.9 Å². The van der Waals surface area contributed by atoms with E-state index in [0.29, 0.717) is 12.0 Å². The van der Waals surface area contributed by atoms with Gasteiger partial charge in [0.2, 0.25) is 0 Å². The molecule has 7 N–H and O–H groups in total. The number of phenols is 1. The molecular weight excluding hydrogens is 580 g/mol. The summed E-state index contributed by atoms with van der Waals surface area (Å²) in [5, 5.41) is 71.6. The van der Waals surface area contributed by atoms with Gasteiger partial charge < -0.3 is 59.4 Å². The zero-order valence-electron chi connectivity index (χ0n) is 25.2. The highest BCUT2D eigenvalue weighted by Crippen LogP contribution is 2.31. The van der Waals surface area contributed by atoms with Crippen LogP contribution in [-0.2, 0) is 28.5 Å². The first-order valence-corrected chi connectivity index (χ1v) is 14.3. The molecule has 0 aliphatic carbocycles. The first kappa shape index (κ1) is 35.8. The lowest BCUT2D eigenvalue weighted by Crippen LogP contribution is -2.65. The fraction of sp³-hybridized carbons (Fsp3) is 0.581. The first-order valence-electron chi connectivity index (χ1n) is 14.3. The Kier molecular flexibility index (Phi) is 13.0. The van der Waals surface area contributed by atoms with E-state index < -0.39 is 79.6 Å². The summed E-state index contributed by atoms with van der Waals surface area (Å²) < 4.78 is 28.4. The fourth-order valence-electron chi connectivity index (χ4n) is 4.56. The number of aliphatic hydroxyl groups is 6. The van der Waals surface area contributed by atoms with Crippen LogP contribution in [0.2, 0.25) is 0 Å². The Balaban J connectivity index is 1.79. The van der Waals surface area contributed by atoms with Crippen molar-refractivity contribution in [2.75, 3.05) is 13.2 Å². The summed E-state index contributed by atoms with van der Waals surface area (Å²) in [5.41, 5.74) is 0.529. The van der Waals surface area contributed by atoms with Crippen LogP contribution in [-0.4, -0.2) is 122 Å². The molecule has 2 aliphatic rings. The third-order valence-corrected chi connectivity index (χ3v) is 7.12. The number of allylic oxidation sites excluding steroid dienone is 2. The molecule has 0 aromatic heterocycles. The van der Waals surface area contributed by atoms with E-state index in [-0.39, 0.29) is 12.4 Å². The second-order valence-electron chi connectivity index (χ2n) is 11.5. The molecule has 3 rings (SSSR count). The minimum Gasteiger partial charge on any atom is -0.508 e. The second kappa shape index (κ2) is 16.0. The highest BCUT2D eigenvalue weighted by Gasteiger charge is 2.52. The van der Waals surface area contributed by atoms with Gasteiger partial charge in [-0.15, -0.1) is 0 Å². The van der Waals surface area contributed by atoms with Crippen LogP contribution in [0.1, 0.15) is 39.7 Å². The molecule has 13 heteroatoms. The Morgan fingerprint density at radius 2 is 1.64 bits per heavy atom. The van der Waals surface area contributed by atoms with Gasteiger partial charge in [0.25, 0.3) is 0 Å². The molecule has 2 heterocycles.